The molecule has 6 nitrogen and oxygen atoms in total. The van der Waals surface area contributed by atoms with Crippen molar-refractivity contribution in [2.45, 2.75) is 0 Å². The zero-order valence-electron chi connectivity index (χ0n) is 16.2. The molecule has 160 valence electrons. The minimum absolute atomic E-state index is 0.256. The Morgan fingerprint density at radius 1 is 0.935 bits per heavy atom. The van der Waals surface area contributed by atoms with Crippen molar-refractivity contribution >= 4 is 46.4 Å². The predicted molar refractivity (Wildman–Crippen MR) is 118 cm³/mol. The summed E-state index contributed by atoms with van der Waals surface area (Å²) in [6, 6.07) is 14.5. The highest BCUT2D eigenvalue weighted by Crippen LogP contribution is 2.28. The van der Waals surface area contributed by atoms with Gasteiger partial charge in [-0.1, -0.05) is 23.2 Å². The summed E-state index contributed by atoms with van der Waals surface area (Å²) in [5.74, 6) is -0.652. The SMILES string of the molecule is COc1ccc(C(=O)Nc2cc(Cl)ccc2Cl)cc1NC(=O)COc1ccc(F)cc1. The van der Waals surface area contributed by atoms with Crippen LogP contribution in [-0.4, -0.2) is 25.5 Å². The molecule has 3 aromatic carbocycles. The summed E-state index contributed by atoms with van der Waals surface area (Å²) in [5.41, 5.74) is 0.889. The number of carbonyl (C=O) groups excluding carboxylic acids is 2. The number of amides is 2. The number of anilines is 2. The van der Waals surface area contributed by atoms with Crippen LogP contribution >= 0.6 is 23.2 Å². The van der Waals surface area contributed by atoms with Gasteiger partial charge in [0.1, 0.15) is 17.3 Å². The standard InChI is InChI=1S/C22H17Cl2FN2O4/c1-30-20-9-2-13(22(29)27-18-11-14(23)3-8-17(18)24)10-19(20)26-21(28)12-31-16-6-4-15(25)5-7-16/h2-11H,12H2,1H3,(H,26,28)(H,27,29). The van der Waals surface area contributed by atoms with E-state index in [-0.39, 0.29) is 17.9 Å². The molecule has 0 aromatic heterocycles. The Kier molecular flexibility index (Phi) is 7.33. The molecule has 0 aliphatic heterocycles. The van der Waals surface area contributed by atoms with Crippen LogP contribution in [0.3, 0.4) is 0 Å². The van der Waals surface area contributed by atoms with E-state index >= 15 is 0 Å². The van der Waals surface area contributed by atoms with E-state index in [1.54, 1.807) is 18.2 Å². The third-order valence-corrected chi connectivity index (χ3v) is 4.66. The molecule has 0 unspecified atom stereocenters. The van der Waals surface area contributed by atoms with E-state index in [0.717, 1.165) is 0 Å². The van der Waals surface area contributed by atoms with Crippen LogP contribution in [0, 0.1) is 5.82 Å². The highest BCUT2D eigenvalue weighted by atomic mass is 35.5. The van der Waals surface area contributed by atoms with Crippen molar-refractivity contribution in [2.75, 3.05) is 24.4 Å². The van der Waals surface area contributed by atoms with E-state index in [9.17, 15) is 14.0 Å². The second kappa shape index (κ2) is 10.1. The molecule has 0 atom stereocenters. The van der Waals surface area contributed by atoms with Gasteiger partial charge in [0.15, 0.2) is 6.61 Å². The molecule has 0 radical (unpaired) electrons. The lowest BCUT2D eigenvalue weighted by Crippen LogP contribution is -2.21. The van der Waals surface area contributed by atoms with Crippen LogP contribution in [-0.2, 0) is 4.79 Å². The van der Waals surface area contributed by atoms with E-state index in [1.807, 2.05) is 0 Å². The second-order valence-electron chi connectivity index (χ2n) is 6.28. The topological polar surface area (TPSA) is 76.7 Å². The zero-order chi connectivity index (χ0) is 22.4. The molecule has 3 rings (SSSR count). The molecule has 0 aliphatic carbocycles. The van der Waals surface area contributed by atoms with Gasteiger partial charge in [0.05, 0.1) is 23.5 Å². The van der Waals surface area contributed by atoms with Crippen molar-refractivity contribution in [3.05, 3.63) is 82.1 Å². The Balaban J connectivity index is 1.70. The van der Waals surface area contributed by atoms with Crippen LogP contribution in [0.5, 0.6) is 11.5 Å². The average molecular weight is 463 g/mol. The van der Waals surface area contributed by atoms with Crippen molar-refractivity contribution in [2.24, 2.45) is 0 Å². The number of methoxy groups -OCH3 is 1. The lowest BCUT2D eigenvalue weighted by molar-refractivity contribution is -0.118. The number of ether oxygens (including phenoxy) is 2. The molecule has 0 aliphatic rings. The fourth-order valence-electron chi connectivity index (χ4n) is 2.60. The van der Waals surface area contributed by atoms with Gasteiger partial charge in [0.25, 0.3) is 11.8 Å². The van der Waals surface area contributed by atoms with E-state index in [4.69, 9.17) is 32.7 Å². The van der Waals surface area contributed by atoms with E-state index in [2.05, 4.69) is 10.6 Å². The zero-order valence-corrected chi connectivity index (χ0v) is 17.8. The van der Waals surface area contributed by atoms with Crippen LogP contribution in [0.2, 0.25) is 10.0 Å². The molecule has 0 fully saturated rings. The Labute approximate surface area is 187 Å². The number of nitrogens with one attached hydrogen (secondary N) is 2. The van der Waals surface area contributed by atoms with Gasteiger partial charge < -0.3 is 20.1 Å². The molecule has 9 heteroatoms. The first-order valence-corrected chi connectivity index (χ1v) is 9.74. The summed E-state index contributed by atoms with van der Waals surface area (Å²) < 4.78 is 23.5. The first kappa shape index (κ1) is 22.4. The molecule has 3 aromatic rings. The number of rotatable bonds is 7. The average Bonchev–Trinajstić information content (AvgIpc) is 2.76. The molecular weight excluding hydrogens is 446 g/mol. The molecule has 0 saturated carbocycles. The van der Waals surface area contributed by atoms with Crippen molar-refractivity contribution in [3.8, 4) is 11.5 Å². The first-order chi connectivity index (χ1) is 14.9. The predicted octanol–water partition coefficient (Wildman–Crippen LogP) is 5.41. The maximum atomic E-state index is 12.9. The van der Waals surface area contributed by atoms with Gasteiger partial charge in [0.2, 0.25) is 0 Å². The smallest absolute Gasteiger partial charge is 0.262 e. The number of halogens is 3. The van der Waals surface area contributed by atoms with Gasteiger partial charge in [-0.25, -0.2) is 4.39 Å². The first-order valence-electron chi connectivity index (χ1n) is 8.98. The highest BCUT2D eigenvalue weighted by Gasteiger charge is 2.14. The summed E-state index contributed by atoms with van der Waals surface area (Å²) in [6.07, 6.45) is 0. The minimum Gasteiger partial charge on any atom is -0.495 e. The fourth-order valence-corrected chi connectivity index (χ4v) is 2.94. The molecule has 31 heavy (non-hydrogen) atoms. The van der Waals surface area contributed by atoms with Crippen LogP contribution in [0.25, 0.3) is 0 Å². The maximum Gasteiger partial charge on any atom is 0.262 e. The highest BCUT2D eigenvalue weighted by molar-refractivity contribution is 6.35. The van der Waals surface area contributed by atoms with Gasteiger partial charge >= 0.3 is 0 Å². The van der Waals surface area contributed by atoms with Crippen molar-refractivity contribution in [3.63, 3.8) is 0 Å². The molecule has 0 bridgehead atoms. The van der Waals surface area contributed by atoms with Crippen LogP contribution in [0.4, 0.5) is 15.8 Å². The van der Waals surface area contributed by atoms with Gasteiger partial charge in [-0.2, -0.15) is 0 Å². The van der Waals surface area contributed by atoms with Crippen LogP contribution in [0.1, 0.15) is 10.4 Å². The lowest BCUT2D eigenvalue weighted by Gasteiger charge is -2.13. The monoisotopic (exact) mass is 462 g/mol. The maximum absolute atomic E-state index is 12.9. The summed E-state index contributed by atoms with van der Waals surface area (Å²) in [5, 5.41) is 6.06. The Hall–Kier alpha value is -3.29. The van der Waals surface area contributed by atoms with E-state index < -0.39 is 17.6 Å². The van der Waals surface area contributed by atoms with Crippen LogP contribution < -0.4 is 20.1 Å². The van der Waals surface area contributed by atoms with E-state index in [1.165, 1.54) is 49.6 Å². The Morgan fingerprint density at radius 3 is 2.39 bits per heavy atom. The number of hydrogen-bond donors (Lipinski definition) is 2. The molecule has 0 heterocycles. The van der Waals surface area contributed by atoms with Gasteiger partial charge in [-0.15, -0.1) is 0 Å². The molecular formula is C22H17Cl2FN2O4. The largest absolute Gasteiger partial charge is 0.495 e. The normalized spacial score (nSPS) is 10.3. The van der Waals surface area contributed by atoms with Crippen molar-refractivity contribution in [1.29, 1.82) is 0 Å². The number of carbonyl (C=O) groups is 2. The summed E-state index contributed by atoms with van der Waals surface area (Å²) in [7, 11) is 1.44. The third-order valence-electron chi connectivity index (χ3n) is 4.10. The molecule has 0 spiro atoms. The summed E-state index contributed by atoms with van der Waals surface area (Å²) in [6.45, 7) is -0.316. The molecule has 0 saturated heterocycles. The fraction of sp³-hybridized carbons (Fsp3) is 0.0909. The van der Waals surface area contributed by atoms with Gasteiger partial charge in [-0.3, -0.25) is 9.59 Å². The Bertz CT molecular complexity index is 1110. The number of hydrogen-bond acceptors (Lipinski definition) is 4. The van der Waals surface area contributed by atoms with Gasteiger partial charge in [-0.05, 0) is 60.7 Å². The van der Waals surface area contributed by atoms with E-state index in [0.29, 0.717) is 27.2 Å². The summed E-state index contributed by atoms with van der Waals surface area (Å²) in [4.78, 5) is 24.9. The van der Waals surface area contributed by atoms with Crippen molar-refractivity contribution in [1.82, 2.24) is 0 Å². The third kappa shape index (κ3) is 6.10. The molecule has 2 amide bonds. The second-order valence-corrected chi connectivity index (χ2v) is 7.13. The van der Waals surface area contributed by atoms with Crippen LogP contribution in [0.15, 0.2) is 60.7 Å². The number of benzene rings is 3. The van der Waals surface area contributed by atoms with Gasteiger partial charge in [0, 0.05) is 10.6 Å². The van der Waals surface area contributed by atoms with Crippen molar-refractivity contribution < 1.29 is 23.5 Å². The molecule has 2 N–H and O–H groups in total. The Morgan fingerprint density at radius 2 is 1.68 bits per heavy atom. The lowest BCUT2D eigenvalue weighted by atomic mass is 10.1. The summed E-state index contributed by atoms with van der Waals surface area (Å²) >= 11 is 12.0. The minimum atomic E-state index is -0.488. The quantitative estimate of drug-likeness (QED) is 0.491.